The zero-order chi connectivity index (χ0) is 67.6. The second-order valence-electron chi connectivity index (χ2n) is 27.8. The van der Waals surface area contributed by atoms with Gasteiger partial charge in [-0.2, -0.15) is 0 Å². The largest absolute Gasteiger partial charge is 0.456 e. The van der Waals surface area contributed by atoms with Crippen LogP contribution in [0.5, 0.6) is 0 Å². The molecule has 104 heavy (non-hydrogen) atoms. The van der Waals surface area contributed by atoms with Crippen LogP contribution in [0.3, 0.4) is 0 Å². The second kappa shape index (κ2) is 21.0. The van der Waals surface area contributed by atoms with E-state index in [0.717, 1.165) is 177 Å². The lowest BCUT2D eigenvalue weighted by Crippen LogP contribution is -1.94. The Bertz CT molecular complexity index is 7830. The summed E-state index contributed by atoms with van der Waals surface area (Å²) in [6.07, 6.45) is 0. The fourth-order valence-electron chi connectivity index (χ4n) is 17.8. The number of aromatic nitrogens is 4. The fraction of sp³-hybridized carbons (Fsp3) is 0. The number of nitrogens with zero attached hydrogens (tertiary/aromatic N) is 4. The number of benzene rings is 16. The molecule has 482 valence electrons. The minimum Gasteiger partial charge on any atom is -0.456 e. The predicted octanol–water partition coefficient (Wildman–Crippen LogP) is 27.1. The number of thiophene rings is 1. The molecule has 0 atom stereocenters. The standard InChI is InChI=1S/C96H54N4O3S/c1-5-19-60(20-6-1)97-77-42-37-56(46-71(77)73-53-89-75(51-82(73)97)64-27-13-16-30-85(64)102-89)58-34-40-67-81(48-58)100(63-25-11-4-12-26-63)84-50-70(96-95(93(67)84)69-29-15-18-32-91(69)104-96)59-35-38-65-76-52-83-74(54-90(76)103-88(65)49-59)72-45-55(36-41-78(72)98(83)61-21-7-2-8-22-61)57-33-39-66-80(47-57)99(62-23-9-3-10-24-62)79-43-44-87-94(92(66)79)68-28-14-17-31-86(68)101-87/h1-54H. The minimum absolute atomic E-state index is 0.845. The Morgan fingerprint density at radius 2 is 0.587 bits per heavy atom. The third-order valence-corrected chi connectivity index (χ3v) is 23.5. The van der Waals surface area contributed by atoms with E-state index >= 15 is 0 Å². The van der Waals surface area contributed by atoms with Gasteiger partial charge in [0.2, 0.25) is 0 Å². The Balaban J connectivity index is 0.679. The number of hydrogen-bond donors (Lipinski definition) is 0. The molecule has 8 heteroatoms. The molecule has 0 amide bonds. The van der Waals surface area contributed by atoms with E-state index in [-0.39, 0.29) is 0 Å². The van der Waals surface area contributed by atoms with Crippen molar-refractivity contribution in [1.29, 1.82) is 0 Å². The zero-order valence-electron chi connectivity index (χ0n) is 55.6. The molecule has 24 rings (SSSR count). The number of para-hydroxylation sites is 6. The molecule has 8 aromatic heterocycles. The quantitative estimate of drug-likeness (QED) is 0.160. The first-order valence-corrected chi connectivity index (χ1v) is 36.2. The predicted molar refractivity (Wildman–Crippen MR) is 435 cm³/mol. The van der Waals surface area contributed by atoms with Gasteiger partial charge in [-0.3, -0.25) is 0 Å². The summed E-state index contributed by atoms with van der Waals surface area (Å²) in [4.78, 5) is 0. The number of rotatable bonds is 7. The highest BCUT2D eigenvalue weighted by Crippen LogP contribution is 2.51. The lowest BCUT2D eigenvalue weighted by atomic mass is 9.96. The van der Waals surface area contributed by atoms with Crippen molar-refractivity contribution >= 4 is 185 Å². The van der Waals surface area contributed by atoms with E-state index in [0.29, 0.717) is 0 Å². The Morgan fingerprint density at radius 3 is 1.17 bits per heavy atom. The Hall–Kier alpha value is -13.7. The number of hydrogen-bond acceptors (Lipinski definition) is 4. The van der Waals surface area contributed by atoms with Gasteiger partial charge >= 0.3 is 0 Å². The summed E-state index contributed by atoms with van der Waals surface area (Å²) in [7, 11) is 0. The monoisotopic (exact) mass is 1340 g/mol. The second-order valence-corrected chi connectivity index (χ2v) is 28.9. The smallest absolute Gasteiger partial charge is 0.136 e. The summed E-state index contributed by atoms with van der Waals surface area (Å²) in [5.41, 5.74) is 25.6. The van der Waals surface area contributed by atoms with Gasteiger partial charge in [0.15, 0.2) is 0 Å². The minimum atomic E-state index is 0.845. The molecule has 16 aromatic carbocycles. The maximum atomic E-state index is 7.22. The van der Waals surface area contributed by atoms with E-state index in [1.807, 2.05) is 23.5 Å². The van der Waals surface area contributed by atoms with Crippen LogP contribution >= 0.6 is 11.3 Å². The molecule has 0 bridgehead atoms. The summed E-state index contributed by atoms with van der Waals surface area (Å²) < 4.78 is 32.5. The first-order valence-electron chi connectivity index (χ1n) is 35.4. The number of fused-ring (bicyclic) bond motifs is 26. The molecule has 0 aliphatic heterocycles. The van der Waals surface area contributed by atoms with Crippen molar-refractivity contribution in [2.75, 3.05) is 0 Å². The SMILES string of the molecule is c1ccc(-n2c3ccc(-c4ccc5c6c7c(sc8ccccc87)c(-c7ccc8c(c7)oc7cc9c%10cc(-c%11ccc%12c%13c%14c(ccc%13n(-c%13ccccc%13)c%12c%11)oc%11ccccc%11%14)ccc%10n(-c%10ccccc%10)c9cc78)cc6n(-c6ccccc6)c5c4)cc3c3cc4oc5ccccc5c4cc32)cc1. The lowest BCUT2D eigenvalue weighted by molar-refractivity contribution is 0.669. The Morgan fingerprint density at radius 1 is 0.192 bits per heavy atom. The Kier molecular flexibility index (Phi) is 11.3. The average molecular weight is 1340 g/mol. The molecule has 0 aliphatic carbocycles. The normalized spacial score (nSPS) is 12.4. The third-order valence-electron chi connectivity index (χ3n) is 22.3. The first-order chi connectivity index (χ1) is 51.5. The molecule has 0 radical (unpaired) electrons. The van der Waals surface area contributed by atoms with Crippen molar-refractivity contribution in [1.82, 2.24) is 18.3 Å². The summed E-state index contributed by atoms with van der Waals surface area (Å²) in [5, 5.41) is 18.6. The topological polar surface area (TPSA) is 59.1 Å². The molecule has 0 spiro atoms. The first kappa shape index (κ1) is 56.1. The van der Waals surface area contributed by atoms with E-state index in [2.05, 4.69) is 334 Å². The van der Waals surface area contributed by atoms with Gasteiger partial charge in [-0.15, -0.1) is 11.3 Å². The third kappa shape index (κ3) is 7.83. The molecule has 7 nitrogen and oxygen atoms in total. The van der Waals surface area contributed by atoms with E-state index in [1.54, 1.807) is 0 Å². The lowest BCUT2D eigenvalue weighted by Gasteiger charge is -2.11. The van der Waals surface area contributed by atoms with Gasteiger partial charge in [0.05, 0.1) is 44.1 Å². The van der Waals surface area contributed by atoms with Gasteiger partial charge in [0, 0.05) is 124 Å². The summed E-state index contributed by atoms with van der Waals surface area (Å²) in [5.74, 6) is 0. The van der Waals surface area contributed by atoms with Crippen LogP contribution in [0, 0.1) is 0 Å². The molecule has 24 aromatic rings. The molecule has 0 fully saturated rings. The average Bonchev–Trinajstić information content (AvgIpc) is 1.61. The van der Waals surface area contributed by atoms with E-state index < -0.39 is 0 Å². The summed E-state index contributed by atoms with van der Waals surface area (Å²) in [6, 6.07) is 120. The van der Waals surface area contributed by atoms with Crippen molar-refractivity contribution in [3.05, 3.63) is 328 Å². The van der Waals surface area contributed by atoms with Crippen LogP contribution in [0.4, 0.5) is 0 Å². The van der Waals surface area contributed by atoms with E-state index in [9.17, 15) is 0 Å². The molecule has 8 heterocycles. The van der Waals surface area contributed by atoms with Gasteiger partial charge < -0.3 is 31.5 Å². The van der Waals surface area contributed by atoms with Crippen molar-refractivity contribution in [2.24, 2.45) is 0 Å². The molecular formula is C96H54N4O3S. The molecule has 0 N–H and O–H groups in total. The van der Waals surface area contributed by atoms with Crippen molar-refractivity contribution in [3.63, 3.8) is 0 Å². The van der Waals surface area contributed by atoms with Gasteiger partial charge in [-0.05, 0) is 186 Å². The maximum absolute atomic E-state index is 7.22. The fourth-order valence-corrected chi connectivity index (χ4v) is 19.0. The maximum Gasteiger partial charge on any atom is 0.136 e. The van der Waals surface area contributed by atoms with Crippen LogP contribution in [0.25, 0.3) is 229 Å². The molecule has 0 saturated carbocycles. The molecule has 0 saturated heterocycles. The van der Waals surface area contributed by atoms with Gasteiger partial charge in [0.1, 0.15) is 33.5 Å². The molecular weight excluding hydrogens is 1290 g/mol. The van der Waals surface area contributed by atoms with Crippen LogP contribution in [0.15, 0.2) is 341 Å². The number of furan rings is 3. The molecule has 0 unspecified atom stereocenters. The van der Waals surface area contributed by atoms with E-state index in [4.69, 9.17) is 13.3 Å². The van der Waals surface area contributed by atoms with Crippen LogP contribution in [0.2, 0.25) is 0 Å². The van der Waals surface area contributed by atoms with Gasteiger partial charge in [-0.1, -0.05) is 170 Å². The van der Waals surface area contributed by atoms with E-state index in [1.165, 1.54) is 52.7 Å². The van der Waals surface area contributed by atoms with Crippen LogP contribution in [0.1, 0.15) is 0 Å². The van der Waals surface area contributed by atoms with Gasteiger partial charge in [0.25, 0.3) is 0 Å². The summed E-state index contributed by atoms with van der Waals surface area (Å²) in [6.45, 7) is 0. The summed E-state index contributed by atoms with van der Waals surface area (Å²) >= 11 is 1.87. The van der Waals surface area contributed by atoms with Crippen LogP contribution < -0.4 is 0 Å². The highest BCUT2D eigenvalue weighted by molar-refractivity contribution is 7.26. The highest BCUT2D eigenvalue weighted by Gasteiger charge is 2.26. The van der Waals surface area contributed by atoms with Crippen molar-refractivity contribution in [2.45, 2.75) is 0 Å². The highest BCUT2D eigenvalue weighted by atomic mass is 32.1. The van der Waals surface area contributed by atoms with Crippen LogP contribution in [-0.2, 0) is 0 Å². The zero-order valence-corrected chi connectivity index (χ0v) is 56.4. The Labute approximate surface area is 595 Å². The van der Waals surface area contributed by atoms with Crippen LogP contribution in [-0.4, -0.2) is 18.3 Å². The van der Waals surface area contributed by atoms with Gasteiger partial charge in [-0.25, -0.2) is 0 Å². The van der Waals surface area contributed by atoms with Crippen molar-refractivity contribution in [3.8, 4) is 56.1 Å². The molecule has 0 aliphatic rings. The van der Waals surface area contributed by atoms with Crippen molar-refractivity contribution < 1.29 is 13.3 Å².